The Morgan fingerprint density at radius 1 is 1.21 bits per heavy atom. The molecule has 1 aromatic heterocycles. The van der Waals surface area contributed by atoms with Crippen LogP contribution in [0.25, 0.3) is 10.9 Å². The van der Waals surface area contributed by atoms with Crippen molar-refractivity contribution in [2.75, 3.05) is 6.61 Å². The summed E-state index contributed by atoms with van der Waals surface area (Å²) in [6.45, 7) is 3.31. The van der Waals surface area contributed by atoms with E-state index in [4.69, 9.17) is 9.47 Å². The molecule has 0 unspecified atom stereocenters. The maximum absolute atomic E-state index is 13.2. The average Bonchev–Trinajstić information content (AvgIpc) is 2.93. The molecule has 2 aromatic carbocycles. The van der Waals surface area contributed by atoms with Gasteiger partial charge in [-0.05, 0) is 59.3 Å². The Balaban J connectivity index is 2.09. The summed E-state index contributed by atoms with van der Waals surface area (Å²) in [5.41, 5.74) is 1.99. The van der Waals surface area contributed by atoms with Crippen LogP contribution in [0.4, 0.5) is 4.39 Å². The van der Waals surface area contributed by atoms with Crippen molar-refractivity contribution in [1.29, 1.82) is 0 Å². The molecule has 3 aromatic rings. The minimum Gasteiger partial charge on any atom is -0.462 e. The number of halogens is 2. The summed E-state index contributed by atoms with van der Waals surface area (Å²) in [5, 5.41) is 0.639. The highest BCUT2D eigenvalue weighted by atomic mass is 79.9. The number of aromatic nitrogens is 1. The van der Waals surface area contributed by atoms with Crippen LogP contribution < -0.4 is 4.74 Å². The van der Waals surface area contributed by atoms with Crippen molar-refractivity contribution in [3.63, 3.8) is 0 Å². The first kappa shape index (κ1) is 21.4. The zero-order chi connectivity index (χ0) is 21.1. The third-order valence-electron chi connectivity index (χ3n) is 4.30. The molecule has 0 aliphatic carbocycles. The van der Waals surface area contributed by atoms with Crippen LogP contribution in [0.2, 0.25) is 0 Å². The van der Waals surface area contributed by atoms with E-state index in [1.54, 1.807) is 25.1 Å². The van der Waals surface area contributed by atoms with Crippen LogP contribution in [0.15, 0.2) is 45.8 Å². The van der Waals surface area contributed by atoms with E-state index in [0.29, 0.717) is 26.9 Å². The van der Waals surface area contributed by atoms with Crippen LogP contribution in [-0.2, 0) is 22.3 Å². The van der Waals surface area contributed by atoms with Gasteiger partial charge >= 0.3 is 11.9 Å². The first-order valence-corrected chi connectivity index (χ1v) is 10.6. The largest absolute Gasteiger partial charge is 0.462 e. The lowest BCUT2D eigenvalue weighted by Crippen LogP contribution is -2.08. The van der Waals surface area contributed by atoms with E-state index in [-0.39, 0.29) is 12.4 Å². The van der Waals surface area contributed by atoms with Gasteiger partial charge in [-0.3, -0.25) is 4.79 Å². The van der Waals surface area contributed by atoms with Crippen LogP contribution >= 0.6 is 27.7 Å². The molecule has 0 saturated carbocycles. The third kappa shape index (κ3) is 4.64. The smallest absolute Gasteiger partial charge is 0.340 e. The number of aryl methyl sites for hydroxylation is 1. The summed E-state index contributed by atoms with van der Waals surface area (Å²) in [6.07, 6.45) is 0. The van der Waals surface area contributed by atoms with Crippen molar-refractivity contribution in [3.8, 4) is 5.75 Å². The lowest BCUT2D eigenvalue weighted by molar-refractivity contribution is -0.131. The van der Waals surface area contributed by atoms with Gasteiger partial charge in [-0.15, -0.1) is 11.8 Å². The normalized spacial score (nSPS) is 10.9. The minimum atomic E-state index is -0.453. The Kier molecular flexibility index (Phi) is 6.64. The standard InChI is InChI=1S/C21H19BrFNO4S/c1-4-27-21(26)20-15-9-19(28-12(2)25)16(22)10-17(15)24(3)18(20)11-29-14-7-5-13(23)6-8-14/h5-10H,4,11H2,1-3H3. The van der Waals surface area contributed by atoms with Crippen molar-refractivity contribution in [2.45, 2.75) is 24.5 Å². The molecule has 3 rings (SSSR count). The van der Waals surface area contributed by atoms with Gasteiger partial charge in [0.05, 0.1) is 22.2 Å². The molecule has 0 aliphatic rings. The summed E-state index contributed by atoms with van der Waals surface area (Å²) in [7, 11) is 1.86. The second kappa shape index (κ2) is 9.00. The second-order valence-electron chi connectivity index (χ2n) is 6.24. The Labute approximate surface area is 180 Å². The highest BCUT2D eigenvalue weighted by Gasteiger charge is 2.24. The van der Waals surface area contributed by atoms with Crippen LogP contribution in [0.1, 0.15) is 29.9 Å². The Morgan fingerprint density at radius 3 is 2.52 bits per heavy atom. The fourth-order valence-electron chi connectivity index (χ4n) is 3.00. The number of benzene rings is 2. The van der Waals surface area contributed by atoms with E-state index in [9.17, 15) is 14.0 Å². The molecule has 0 radical (unpaired) electrons. The third-order valence-corrected chi connectivity index (χ3v) is 5.94. The van der Waals surface area contributed by atoms with Gasteiger partial charge in [-0.1, -0.05) is 0 Å². The quantitative estimate of drug-likeness (QED) is 0.266. The van der Waals surface area contributed by atoms with Crippen molar-refractivity contribution in [2.24, 2.45) is 7.05 Å². The summed E-state index contributed by atoms with van der Waals surface area (Å²) >= 11 is 4.90. The molecule has 1 heterocycles. The van der Waals surface area contributed by atoms with Crippen LogP contribution in [0, 0.1) is 5.82 Å². The number of rotatable bonds is 6. The fraction of sp³-hybridized carbons (Fsp3) is 0.238. The van der Waals surface area contributed by atoms with E-state index in [2.05, 4.69) is 15.9 Å². The van der Waals surface area contributed by atoms with Gasteiger partial charge in [-0.2, -0.15) is 0 Å². The number of thioether (sulfide) groups is 1. The number of nitrogens with zero attached hydrogens (tertiary/aromatic N) is 1. The van der Waals surface area contributed by atoms with E-state index in [1.807, 2.05) is 17.7 Å². The van der Waals surface area contributed by atoms with Gasteiger partial charge in [0.2, 0.25) is 0 Å². The number of hydrogen-bond donors (Lipinski definition) is 0. The lowest BCUT2D eigenvalue weighted by Gasteiger charge is -2.08. The number of fused-ring (bicyclic) bond motifs is 1. The molecule has 0 aliphatic heterocycles. The van der Waals surface area contributed by atoms with E-state index < -0.39 is 11.9 Å². The van der Waals surface area contributed by atoms with Gasteiger partial charge < -0.3 is 14.0 Å². The van der Waals surface area contributed by atoms with Crippen LogP contribution in [0.3, 0.4) is 0 Å². The molecule has 0 amide bonds. The van der Waals surface area contributed by atoms with Crippen molar-refractivity contribution in [3.05, 3.63) is 57.9 Å². The highest BCUT2D eigenvalue weighted by Crippen LogP contribution is 2.37. The molecular weight excluding hydrogens is 461 g/mol. The molecule has 0 spiro atoms. The van der Waals surface area contributed by atoms with Crippen molar-refractivity contribution < 1.29 is 23.5 Å². The predicted molar refractivity (Wildman–Crippen MR) is 114 cm³/mol. The zero-order valence-corrected chi connectivity index (χ0v) is 18.5. The van der Waals surface area contributed by atoms with Gasteiger partial charge in [0.1, 0.15) is 11.6 Å². The maximum atomic E-state index is 13.2. The molecular formula is C21H19BrFNO4S. The highest BCUT2D eigenvalue weighted by molar-refractivity contribution is 9.10. The number of carbonyl (C=O) groups is 2. The number of ether oxygens (including phenoxy) is 2. The summed E-state index contributed by atoms with van der Waals surface area (Å²) in [6, 6.07) is 9.67. The zero-order valence-electron chi connectivity index (χ0n) is 16.1. The molecule has 8 heteroatoms. The van der Waals surface area contributed by atoms with Gasteiger partial charge in [0.15, 0.2) is 0 Å². The maximum Gasteiger partial charge on any atom is 0.340 e. The molecule has 0 saturated heterocycles. The monoisotopic (exact) mass is 479 g/mol. The van der Waals surface area contributed by atoms with Gasteiger partial charge in [0.25, 0.3) is 0 Å². The summed E-state index contributed by atoms with van der Waals surface area (Å²) in [5.74, 6) is -0.381. The molecule has 29 heavy (non-hydrogen) atoms. The van der Waals surface area contributed by atoms with Crippen LogP contribution in [0.5, 0.6) is 5.75 Å². The van der Waals surface area contributed by atoms with Crippen molar-refractivity contribution in [1.82, 2.24) is 4.57 Å². The Hall–Kier alpha value is -2.32. The van der Waals surface area contributed by atoms with Gasteiger partial charge in [0, 0.05) is 35.7 Å². The Bertz CT molecular complexity index is 1080. The Morgan fingerprint density at radius 2 is 1.90 bits per heavy atom. The molecule has 5 nitrogen and oxygen atoms in total. The molecule has 0 atom stereocenters. The number of esters is 2. The summed E-state index contributed by atoms with van der Waals surface area (Å²) in [4.78, 5) is 25.0. The lowest BCUT2D eigenvalue weighted by atomic mass is 10.1. The van der Waals surface area contributed by atoms with Crippen molar-refractivity contribution >= 4 is 50.5 Å². The molecule has 0 N–H and O–H groups in total. The summed E-state index contributed by atoms with van der Waals surface area (Å²) < 4.78 is 26.2. The second-order valence-corrected chi connectivity index (χ2v) is 8.14. The topological polar surface area (TPSA) is 57.5 Å². The minimum absolute atomic E-state index is 0.243. The SMILES string of the molecule is CCOC(=O)c1c(CSc2ccc(F)cc2)n(C)c2cc(Br)c(OC(C)=O)cc12. The predicted octanol–water partition coefficient (Wildman–Crippen LogP) is 5.47. The van der Waals surface area contributed by atoms with E-state index >= 15 is 0 Å². The first-order chi connectivity index (χ1) is 13.8. The van der Waals surface area contributed by atoms with E-state index in [0.717, 1.165) is 16.1 Å². The fourth-order valence-corrected chi connectivity index (χ4v) is 4.39. The van der Waals surface area contributed by atoms with Crippen LogP contribution in [-0.4, -0.2) is 23.1 Å². The molecule has 0 fully saturated rings. The number of hydrogen-bond acceptors (Lipinski definition) is 5. The van der Waals surface area contributed by atoms with Gasteiger partial charge in [-0.25, -0.2) is 9.18 Å². The molecule has 152 valence electrons. The average molecular weight is 480 g/mol. The molecule has 0 bridgehead atoms. The number of carbonyl (C=O) groups excluding carboxylic acids is 2. The first-order valence-electron chi connectivity index (χ1n) is 8.86. The van der Waals surface area contributed by atoms with E-state index in [1.165, 1.54) is 30.8 Å².